The van der Waals surface area contributed by atoms with Gasteiger partial charge < -0.3 is 5.32 Å². The minimum Gasteiger partial charge on any atom is -0.326 e. The summed E-state index contributed by atoms with van der Waals surface area (Å²) >= 11 is 5.86. The van der Waals surface area contributed by atoms with Crippen molar-refractivity contribution >= 4 is 33.2 Å². The van der Waals surface area contributed by atoms with Gasteiger partial charge in [0.1, 0.15) is 0 Å². The number of halogens is 1. The van der Waals surface area contributed by atoms with Gasteiger partial charge in [0.25, 0.3) is 0 Å². The van der Waals surface area contributed by atoms with Crippen LogP contribution in [0, 0.1) is 13.8 Å². The predicted octanol–water partition coefficient (Wildman–Crippen LogP) is 3.75. The van der Waals surface area contributed by atoms with Gasteiger partial charge in [0.05, 0.1) is 6.26 Å². The molecule has 0 aliphatic rings. The lowest BCUT2D eigenvalue weighted by molar-refractivity contribution is -0.116. The van der Waals surface area contributed by atoms with Gasteiger partial charge in [-0.15, -0.1) is 0 Å². The molecule has 1 N–H and O–H groups in total. The number of carbonyl (C=O) groups excluding carboxylic acids is 1. The molecule has 0 saturated carbocycles. The molecule has 140 valence electrons. The van der Waals surface area contributed by atoms with E-state index in [1.54, 1.807) is 24.3 Å². The number of nitrogens with zero attached hydrogens (tertiary/aromatic N) is 1. The Morgan fingerprint density at radius 1 is 1.12 bits per heavy atom. The lowest BCUT2D eigenvalue weighted by atomic mass is 10.1. The van der Waals surface area contributed by atoms with E-state index in [-0.39, 0.29) is 25.4 Å². The first-order valence-corrected chi connectivity index (χ1v) is 10.4. The van der Waals surface area contributed by atoms with Crippen LogP contribution in [0.3, 0.4) is 0 Å². The fraction of sp³-hybridized carbons (Fsp3) is 0.316. The van der Waals surface area contributed by atoms with Crippen LogP contribution in [0.15, 0.2) is 42.5 Å². The molecule has 0 unspecified atom stereocenters. The molecule has 5 nitrogen and oxygen atoms in total. The average molecular weight is 395 g/mol. The van der Waals surface area contributed by atoms with E-state index < -0.39 is 10.0 Å². The summed E-state index contributed by atoms with van der Waals surface area (Å²) < 4.78 is 25.4. The maximum Gasteiger partial charge on any atom is 0.225 e. The van der Waals surface area contributed by atoms with Crippen LogP contribution in [-0.2, 0) is 21.4 Å². The molecule has 26 heavy (non-hydrogen) atoms. The number of hydrogen-bond donors (Lipinski definition) is 1. The maximum absolute atomic E-state index is 12.3. The van der Waals surface area contributed by atoms with E-state index in [4.69, 9.17) is 11.6 Å². The lowest BCUT2D eigenvalue weighted by Crippen LogP contribution is -2.32. The van der Waals surface area contributed by atoms with Crippen molar-refractivity contribution in [3.63, 3.8) is 0 Å². The summed E-state index contributed by atoms with van der Waals surface area (Å²) in [5.41, 5.74) is 3.65. The van der Waals surface area contributed by atoms with Gasteiger partial charge >= 0.3 is 0 Å². The molecule has 2 aromatic carbocycles. The van der Waals surface area contributed by atoms with Crippen LogP contribution in [0.4, 0.5) is 5.69 Å². The summed E-state index contributed by atoms with van der Waals surface area (Å²) in [6.45, 7) is 4.22. The zero-order chi connectivity index (χ0) is 19.3. The third kappa shape index (κ3) is 5.83. The summed E-state index contributed by atoms with van der Waals surface area (Å²) in [5, 5.41) is 3.44. The summed E-state index contributed by atoms with van der Waals surface area (Å²) in [7, 11) is -3.44. The number of benzene rings is 2. The van der Waals surface area contributed by atoms with E-state index in [9.17, 15) is 13.2 Å². The predicted molar refractivity (Wildman–Crippen MR) is 106 cm³/mol. The van der Waals surface area contributed by atoms with E-state index in [1.165, 1.54) is 4.31 Å². The number of nitrogens with one attached hydrogen (secondary N) is 1. The topological polar surface area (TPSA) is 66.5 Å². The lowest BCUT2D eigenvalue weighted by Gasteiger charge is -2.20. The third-order valence-corrected chi connectivity index (χ3v) is 5.71. The van der Waals surface area contributed by atoms with Crippen LogP contribution < -0.4 is 5.32 Å². The van der Waals surface area contributed by atoms with Crippen molar-refractivity contribution in [2.45, 2.75) is 26.8 Å². The highest BCUT2D eigenvalue weighted by molar-refractivity contribution is 7.88. The molecule has 0 aliphatic carbocycles. The zero-order valence-electron chi connectivity index (χ0n) is 15.1. The molecule has 0 heterocycles. The summed E-state index contributed by atoms with van der Waals surface area (Å²) in [6, 6.07) is 12.7. The Bertz CT molecular complexity index is 880. The summed E-state index contributed by atoms with van der Waals surface area (Å²) in [5.74, 6) is -0.219. The Morgan fingerprint density at radius 3 is 2.38 bits per heavy atom. The van der Waals surface area contributed by atoms with E-state index in [2.05, 4.69) is 5.32 Å². The minimum atomic E-state index is -3.44. The number of anilines is 1. The normalized spacial score (nSPS) is 11.6. The monoisotopic (exact) mass is 394 g/mol. The molecule has 7 heteroatoms. The molecule has 0 bridgehead atoms. The van der Waals surface area contributed by atoms with Gasteiger partial charge in [-0.2, -0.15) is 4.31 Å². The molecule has 0 aliphatic heterocycles. The first-order chi connectivity index (χ1) is 12.2. The Hall–Kier alpha value is -1.89. The van der Waals surface area contributed by atoms with Gasteiger partial charge in [-0.3, -0.25) is 4.79 Å². The fourth-order valence-electron chi connectivity index (χ4n) is 2.48. The molecular weight excluding hydrogens is 372 g/mol. The molecular formula is C19H23ClN2O3S. The molecule has 0 spiro atoms. The van der Waals surface area contributed by atoms with E-state index in [0.29, 0.717) is 5.02 Å². The SMILES string of the molecule is Cc1cccc(NC(=O)CCN(Cc2ccc(Cl)cc2)S(C)(=O)=O)c1C. The number of amides is 1. The Kier molecular flexibility index (Phi) is 6.81. The van der Waals surface area contributed by atoms with E-state index in [0.717, 1.165) is 28.6 Å². The Balaban J connectivity index is 2.01. The van der Waals surface area contributed by atoms with Crippen LogP contribution in [0.2, 0.25) is 5.02 Å². The highest BCUT2D eigenvalue weighted by Crippen LogP contribution is 2.18. The van der Waals surface area contributed by atoms with Crippen molar-refractivity contribution in [3.8, 4) is 0 Å². The number of aryl methyl sites for hydroxylation is 1. The van der Waals surface area contributed by atoms with Crippen LogP contribution in [0.1, 0.15) is 23.1 Å². The Labute approximate surface area is 160 Å². The Morgan fingerprint density at radius 2 is 1.77 bits per heavy atom. The third-order valence-electron chi connectivity index (χ3n) is 4.21. The van der Waals surface area contributed by atoms with E-state index in [1.807, 2.05) is 32.0 Å². The van der Waals surface area contributed by atoms with E-state index >= 15 is 0 Å². The second-order valence-corrected chi connectivity index (χ2v) is 8.69. The van der Waals surface area contributed by atoms with Crippen LogP contribution in [0.5, 0.6) is 0 Å². The quantitative estimate of drug-likeness (QED) is 0.777. The molecule has 2 aromatic rings. The van der Waals surface area contributed by atoms with Gasteiger partial charge in [0.15, 0.2) is 0 Å². The van der Waals surface area contributed by atoms with Crippen molar-refractivity contribution in [1.29, 1.82) is 0 Å². The first kappa shape index (κ1) is 20.4. The minimum absolute atomic E-state index is 0.0774. The zero-order valence-corrected chi connectivity index (χ0v) is 16.7. The molecule has 0 atom stereocenters. The van der Waals surface area contributed by atoms with Crippen molar-refractivity contribution < 1.29 is 13.2 Å². The summed E-state index contributed by atoms with van der Waals surface area (Å²) in [4.78, 5) is 12.3. The second-order valence-electron chi connectivity index (χ2n) is 6.27. The second kappa shape index (κ2) is 8.66. The average Bonchev–Trinajstić information content (AvgIpc) is 2.56. The number of carbonyl (C=O) groups is 1. The van der Waals surface area contributed by atoms with Gasteiger partial charge in [-0.25, -0.2) is 8.42 Å². The molecule has 0 radical (unpaired) electrons. The summed E-state index contributed by atoms with van der Waals surface area (Å²) in [6.07, 6.45) is 1.22. The van der Waals surface area contributed by atoms with Crippen molar-refractivity contribution in [3.05, 3.63) is 64.2 Å². The highest BCUT2D eigenvalue weighted by atomic mass is 35.5. The fourth-order valence-corrected chi connectivity index (χ4v) is 3.41. The van der Waals surface area contributed by atoms with Crippen molar-refractivity contribution in [2.24, 2.45) is 0 Å². The highest BCUT2D eigenvalue weighted by Gasteiger charge is 2.18. The van der Waals surface area contributed by atoms with Crippen molar-refractivity contribution in [2.75, 3.05) is 18.1 Å². The van der Waals surface area contributed by atoms with Gasteiger partial charge in [-0.1, -0.05) is 35.9 Å². The van der Waals surface area contributed by atoms with Crippen LogP contribution in [-0.4, -0.2) is 31.4 Å². The number of rotatable bonds is 7. The molecule has 0 saturated heterocycles. The van der Waals surface area contributed by atoms with Gasteiger partial charge in [-0.05, 0) is 48.7 Å². The number of sulfonamides is 1. The van der Waals surface area contributed by atoms with Crippen LogP contribution in [0.25, 0.3) is 0 Å². The smallest absolute Gasteiger partial charge is 0.225 e. The first-order valence-electron chi connectivity index (χ1n) is 8.22. The van der Waals surface area contributed by atoms with Crippen molar-refractivity contribution in [1.82, 2.24) is 4.31 Å². The maximum atomic E-state index is 12.3. The standard InChI is InChI=1S/C19H23ClN2O3S/c1-14-5-4-6-18(15(14)2)21-19(23)11-12-22(26(3,24)25)13-16-7-9-17(20)10-8-16/h4-10H,11-13H2,1-3H3,(H,21,23). The molecule has 0 aromatic heterocycles. The number of hydrogen-bond acceptors (Lipinski definition) is 3. The molecule has 1 amide bonds. The molecule has 2 rings (SSSR count). The van der Waals surface area contributed by atoms with Crippen LogP contribution >= 0.6 is 11.6 Å². The molecule has 0 fully saturated rings. The largest absolute Gasteiger partial charge is 0.326 e. The van der Waals surface area contributed by atoms with Gasteiger partial charge in [0, 0.05) is 30.2 Å². The van der Waals surface area contributed by atoms with Gasteiger partial charge in [0.2, 0.25) is 15.9 Å².